The van der Waals surface area contributed by atoms with Crippen LogP contribution < -0.4 is 14.2 Å². The molecule has 0 bridgehead atoms. The highest BCUT2D eigenvalue weighted by molar-refractivity contribution is 5.97. The number of hydrogen-bond acceptors (Lipinski definition) is 4. The van der Waals surface area contributed by atoms with Gasteiger partial charge in [-0.05, 0) is 29.8 Å². The Balaban J connectivity index is 1.69. The fraction of sp³-hybridized carbons (Fsp3) is 0.235. The van der Waals surface area contributed by atoms with Crippen molar-refractivity contribution in [3.8, 4) is 17.2 Å². The highest BCUT2D eigenvalue weighted by atomic mass is 19.4. The van der Waals surface area contributed by atoms with Crippen LogP contribution in [0.25, 0.3) is 0 Å². The first-order valence-electron chi connectivity index (χ1n) is 7.32. The topological polar surface area (TPSA) is 48.0 Å². The van der Waals surface area contributed by atoms with Crippen molar-refractivity contribution >= 4 is 5.91 Å². The standard InChI is InChI=1S/C17H14F3NO4/c1-21(9-11-5-7-12(8-6-11)25-17(18,19)20)16(22)13-3-2-4-14-15(13)24-10-23-14/h2-8H,9-10H2,1H3. The summed E-state index contributed by atoms with van der Waals surface area (Å²) in [5.41, 5.74) is 1.03. The van der Waals surface area contributed by atoms with E-state index in [2.05, 4.69) is 4.74 Å². The molecule has 0 unspecified atom stereocenters. The van der Waals surface area contributed by atoms with Gasteiger partial charge >= 0.3 is 6.36 Å². The molecular weight excluding hydrogens is 339 g/mol. The predicted molar refractivity (Wildman–Crippen MR) is 81.5 cm³/mol. The molecule has 2 aromatic rings. The number of fused-ring (bicyclic) bond motifs is 1. The van der Waals surface area contributed by atoms with E-state index < -0.39 is 6.36 Å². The molecule has 1 amide bonds. The summed E-state index contributed by atoms with van der Waals surface area (Å²) in [5, 5.41) is 0. The average Bonchev–Trinajstić information content (AvgIpc) is 3.03. The van der Waals surface area contributed by atoms with E-state index in [9.17, 15) is 18.0 Å². The van der Waals surface area contributed by atoms with Crippen molar-refractivity contribution in [1.29, 1.82) is 0 Å². The molecule has 0 radical (unpaired) electrons. The highest BCUT2D eigenvalue weighted by Gasteiger charge is 2.31. The second-order valence-corrected chi connectivity index (χ2v) is 5.39. The van der Waals surface area contributed by atoms with Crippen LogP contribution in [-0.4, -0.2) is 31.0 Å². The summed E-state index contributed by atoms with van der Waals surface area (Å²) in [4.78, 5) is 14.0. The monoisotopic (exact) mass is 353 g/mol. The number of halogens is 3. The van der Waals surface area contributed by atoms with Gasteiger partial charge in [-0.3, -0.25) is 4.79 Å². The summed E-state index contributed by atoms with van der Waals surface area (Å²) >= 11 is 0. The highest BCUT2D eigenvalue weighted by Crippen LogP contribution is 2.36. The van der Waals surface area contributed by atoms with Crippen LogP contribution in [0.3, 0.4) is 0 Å². The van der Waals surface area contributed by atoms with Gasteiger partial charge in [-0.1, -0.05) is 18.2 Å². The fourth-order valence-corrected chi connectivity index (χ4v) is 2.45. The molecule has 132 valence electrons. The third kappa shape index (κ3) is 3.96. The largest absolute Gasteiger partial charge is 0.573 e. The Morgan fingerprint density at radius 2 is 1.88 bits per heavy atom. The van der Waals surface area contributed by atoms with Crippen LogP contribution in [0.5, 0.6) is 17.2 Å². The van der Waals surface area contributed by atoms with Gasteiger partial charge in [-0.15, -0.1) is 13.2 Å². The van der Waals surface area contributed by atoms with E-state index in [1.165, 1.54) is 29.2 Å². The third-order valence-electron chi connectivity index (χ3n) is 3.55. The molecule has 0 aromatic heterocycles. The van der Waals surface area contributed by atoms with Gasteiger partial charge in [-0.2, -0.15) is 0 Å². The minimum atomic E-state index is -4.73. The van der Waals surface area contributed by atoms with Gasteiger partial charge in [-0.25, -0.2) is 0 Å². The molecule has 3 rings (SSSR count). The Kier molecular flexibility index (Phi) is 4.43. The molecule has 1 heterocycles. The van der Waals surface area contributed by atoms with Crippen molar-refractivity contribution in [2.75, 3.05) is 13.8 Å². The number of benzene rings is 2. The minimum absolute atomic E-state index is 0.0595. The van der Waals surface area contributed by atoms with Crippen LogP contribution in [0, 0.1) is 0 Å². The molecular formula is C17H14F3NO4. The maximum atomic E-state index is 12.6. The normalized spacial score (nSPS) is 12.8. The van der Waals surface area contributed by atoms with E-state index >= 15 is 0 Å². The van der Waals surface area contributed by atoms with Gasteiger partial charge in [0.15, 0.2) is 11.5 Å². The molecule has 8 heteroatoms. The average molecular weight is 353 g/mol. The van der Waals surface area contributed by atoms with Gasteiger partial charge in [0.05, 0.1) is 5.56 Å². The minimum Gasteiger partial charge on any atom is -0.454 e. The van der Waals surface area contributed by atoms with E-state index in [1.807, 2.05) is 0 Å². The second-order valence-electron chi connectivity index (χ2n) is 5.39. The third-order valence-corrected chi connectivity index (χ3v) is 3.55. The van der Waals surface area contributed by atoms with Crippen LogP contribution in [0.2, 0.25) is 0 Å². The smallest absolute Gasteiger partial charge is 0.454 e. The summed E-state index contributed by atoms with van der Waals surface area (Å²) < 4.78 is 50.9. The Labute approximate surface area is 141 Å². The molecule has 2 aromatic carbocycles. The molecule has 0 aliphatic carbocycles. The molecule has 0 N–H and O–H groups in total. The molecule has 0 saturated heterocycles. The lowest BCUT2D eigenvalue weighted by molar-refractivity contribution is -0.274. The van der Waals surface area contributed by atoms with Crippen LogP contribution in [0.1, 0.15) is 15.9 Å². The van der Waals surface area contributed by atoms with E-state index in [0.29, 0.717) is 22.6 Å². The Bertz CT molecular complexity index is 774. The van der Waals surface area contributed by atoms with E-state index in [0.717, 1.165) is 0 Å². The second kappa shape index (κ2) is 6.54. The summed E-state index contributed by atoms with van der Waals surface area (Å²) in [6, 6.07) is 10.4. The van der Waals surface area contributed by atoms with Crippen molar-refractivity contribution in [3.63, 3.8) is 0 Å². The number of nitrogens with zero attached hydrogens (tertiary/aromatic N) is 1. The van der Waals surface area contributed by atoms with Gasteiger partial charge in [0, 0.05) is 13.6 Å². The number of rotatable bonds is 4. The Hall–Kier alpha value is -2.90. The van der Waals surface area contributed by atoms with Crippen molar-refractivity contribution in [3.05, 3.63) is 53.6 Å². The predicted octanol–water partition coefficient (Wildman–Crippen LogP) is 3.59. The number of amides is 1. The number of alkyl halides is 3. The lowest BCUT2D eigenvalue weighted by Crippen LogP contribution is -2.26. The zero-order chi connectivity index (χ0) is 18.0. The Morgan fingerprint density at radius 3 is 2.56 bits per heavy atom. The molecule has 0 fully saturated rings. The first-order chi connectivity index (χ1) is 11.8. The van der Waals surface area contributed by atoms with Crippen LogP contribution in [0.4, 0.5) is 13.2 Å². The maximum Gasteiger partial charge on any atom is 0.573 e. The van der Waals surface area contributed by atoms with Gasteiger partial charge in [0.25, 0.3) is 5.91 Å². The van der Waals surface area contributed by atoms with Crippen LogP contribution in [0.15, 0.2) is 42.5 Å². The van der Waals surface area contributed by atoms with Crippen molar-refractivity contribution in [2.45, 2.75) is 12.9 Å². The Morgan fingerprint density at radius 1 is 1.16 bits per heavy atom. The zero-order valence-electron chi connectivity index (χ0n) is 13.2. The number of ether oxygens (including phenoxy) is 3. The first kappa shape index (κ1) is 16.9. The molecule has 1 aliphatic rings. The number of para-hydroxylation sites is 1. The number of carbonyl (C=O) groups is 1. The van der Waals surface area contributed by atoms with Gasteiger partial charge in [0.1, 0.15) is 5.75 Å². The fourth-order valence-electron chi connectivity index (χ4n) is 2.45. The van der Waals surface area contributed by atoms with Crippen LogP contribution in [-0.2, 0) is 6.54 Å². The summed E-state index contributed by atoms with van der Waals surface area (Å²) in [5.74, 6) is 0.316. The van der Waals surface area contributed by atoms with Crippen LogP contribution >= 0.6 is 0 Å². The molecule has 0 atom stereocenters. The van der Waals surface area contributed by atoms with E-state index in [4.69, 9.17) is 9.47 Å². The van der Waals surface area contributed by atoms with Crippen molar-refractivity contribution in [2.24, 2.45) is 0 Å². The SMILES string of the molecule is CN(Cc1ccc(OC(F)(F)F)cc1)C(=O)c1cccc2c1OCO2. The molecule has 0 spiro atoms. The van der Waals surface area contributed by atoms with Crippen molar-refractivity contribution in [1.82, 2.24) is 4.90 Å². The lowest BCUT2D eigenvalue weighted by Gasteiger charge is -2.18. The van der Waals surface area contributed by atoms with Crippen molar-refractivity contribution < 1.29 is 32.2 Å². The molecule has 25 heavy (non-hydrogen) atoms. The summed E-state index contributed by atoms with van der Waals surface area (Å²) in [6.45, 7) is 0.277. The molecule has 1 aliphatic heterocycles. The van der Waals surface area contributed by atoms with Gasteiger partial charge in [0.2, 0.25) is 6.79 Å². The van der Waals surface area contributed by atoms with Gasteiger partial charge < -0.3 is 19.1 Å². The molecule has 0 saturated carbocycles. The first-order valence-corrected chi connectivity index (χ1v) is 7.32. The summed E-state index contributed by atoms with van der Waals surface area (Å²) in [6.07, 6.45) is -4.73. The maximum absolute atomic E-state index is 12.6. The zero-order valence-corrected chi connectivity index (χ0v) is 13.2. The van der Waals surface area contributed by atoms with E-state index in [1.54, 1.807) is 25.2 Å². The molecule has 5 nitrogen and oxygen atoms in total. The number of hydrogen-bond donors (Lipinski definition) is 0. The number of carbonyl (C=O) groups excluding carboxylic acids is 1. The summed E-state index contributed by atoms with van der Waals surface area (Å²) in [7, 11) is 1.59. The quantitative estimate of drug-likeness (QED) is 0.843. The lowest BCUT2D eigenvalue weighted by atomic mass is 10.1. The van der Waals surface area contributed by atoms with E-state index in [-0.39, 0.29) is 25.0 Å².